The van der Waals surface area contributed by atoms with E-state index in [2.05, 4.69) is 0 Å². The van der Waals surface area contributed by atoms with Crippen molar-refractivity contribution in [3.05, 3.63) is 66.0 Å². The van der Waals surface area contributed by atoms with Crippen molar-refractivity contribution in [2.24, 2.45) is 0 Å². The molecule has 0 aromatic heterocycles. The summed E-state index contributed by atoms with van der Waals surface area (Å²) in [6, 6.07) is 14.8. The van der Waals surface area contributed by atoms with Crippen molar-refractivity contribution in [2.45, 2.75) is 10.6 Å². The fourth-order valence-corrected chi connectivity index (χ4v) is 5.23. The quantitative estimate of drug-likeness (QED) is 0.737. The summed E-state index contributed by atoms with van der Waals surface area (Å²) in [7, 11) is -3.52. The number of hydrogen-bond donors (Lipinski definition) is 0. The van der Waals surface area contributed by atoms with Gasteiger partial charge in [-0.15, -0.1) is 11.8 Å². The number of piperazine rings is 1. The molecule has 0 saturated carbocycles. The molecule has 0 N–H and O–H groups in total. The van der Waals surface area contributed by atoms with Gasteiger partial charge in [0.2, 0.25) is 15.9 Å². The van der Waals surface area contributed by atoms with E-state index >= 15 is 0 Å². The number of hydrogen-bond acceptors (Lipinski definition) is 4. The molecule has 1 heterocycles. The number of benzene rings is 2. The van der Waals surface area contributed by atoms with E-state index in [1.807, 2.05) is 0 Å². The van der Waals surface area contributed by atoms with E-state index in [1.54, 1.807) is 53.4 Å². The van der Waals surface area contributed by atoms with E-state index in [1.165, 1.54) is 22.1 Å². The van der Waals surface area contributed by atoms with Crippen LogP contribution in [0.4, 0.5) is 4.39 Å². The van der Waals surface area contributed by atoms with Gasteiger partial charge in [0.1, 0.15) is 5.82 Å². The molecule has 1 fully saturated rings. The first-order chi connectivity index (χ1) is 13.0. The second kappa shape index (κ2) is 8.86. The average molecular weight is 409 g/mol. The van der Waals surface area contributed by atoms with E-state index in [4.69, 9.17) is 0 Å². The molecular formula is C19H21FN2O3S2. The molecule has 5 nitrogen and oxygen atoms in total. The maximum absolute atomic E-state index is 13.6. The first kappa shape index (κ1) is 19.9. The van der Waals surface area contributed by atoms with Crippen LogP contribution in [0.15, 0.2) is 59.5 Å². The second-order valence-corrected chi connectivity index (χ2v) is 9.11. The van der Waals surface area contributed by atoms with Crippen molar-refractivity contribution < 1.29 is 17.6 Å². The predicted molar refractivity (Wildman–Crippen MR) is 104 cm³/mol. The zero-order valence-corrected chi connectivity index (χ0v) is 16.4. The number of carbonyl (C=O) groups excluding carboxylic acids is 1. The van der Waals surface area contributed by atoms with Crippen LogP contribution < -0.4 is 0 Å². The van der Waals surface area contributed by atoms with Crippen LogP contribution in [-0.2, 0) is 20.6 Å². The highest BCUT2D eigenvalue weighted by atomic mass is 32.2. The molecule has 1 saturated heterocycles. The molecule has 1 aliphatic rings. The van der Waals surface area contributed by atoms with Crippen molar-refractivity contribution in [3.8, 4) is 0 Å². The molecule has 1 amide bonds. The van der Waals surface area contributed by atoms with Crippen molar-refractivity contribution >= 4 is 27.7 Å². The first-order valence-electron chi connectivity index (χ1n) is 8.62. The minimum absolute atomic E-state index is 0.0481. The molecule has 1 aliphatic heterocycles. The van der Waals surface area contributed by atoms with Gasteiger partial charge in [-0.2, -0.15) is 4.31 Å². The van der Waals surface area contributed by atoms with Crippen LogP contribution in [0.25, 0.3) is 0 Å². The molecular weight excluding hydrogens is 387 g/mol. The summed E-state index contributed by atoms with van der Waals surface area (Å²) in [5.41, 5.74) is 0.578. The summed E-state index contributed by atoms with van der Waals surface area (Å²) in [6.07, 6.45) is 0. The zero-order chi connectivity index (χ0) is 19.3. The van der Waals surface area contributed by atoms with E-state index in [-0.39, 0.29) is 35.5 Å². The Morgan fingerprint density at radius 2 is 1.59 bits per heavy atom. The minimum Gasteiger partial charge on any atom is -0.339 e. The van der Waals surface area contributed by atoms with Gasteiger partial charge in [0, 0.05) is 31.9 Å². The summed E-state index contributed by atoms with van der Waals surface area (Å²) in [4.78, 5) is 14.3. The molecule has 0 atom stereocenters. The van der Waals surface area contributed by atoms with Crippen LogP contribution >= 0.6 is 11.8 Å². The summed E-state index contributed by atoms with van der Waals surface area (Å²) in [5.74, 6) is 0.367. The highest BCUT2D eigenvalue weighted by Gasteiger charge is 2.29. The van der Waals surface area contributed by atoms with Crippen molar-refractivity contribution in [1.29, 1.82) is 0 Å². The third-order valence-electron chi connectivity index (χ3n) is 4.41. The standard InChI is InChI=1S/C19H21FN2O3S2/c20-18-9-5-4-6-16(18)14-26-15-19(23)21-10-12-22(13-11-21)27(24,25)17-7-2-1-3-8-17/h1-9H,10-15H2. The van der Waals surface area contributed by atoms with Gasteiger partial charge in [-0.25, -0.2) is 12.8 Å². The van der Waals surface area contributed by atoms with Crippen LogP contribution in [-0.4, -0.2) is 55.5 Å². The molecule has 2 aromatic carbocycles. The molecule has 0 spiro atoms. The van der Waals surface area contributed by atoms with Gasteiger partial charge in [0.15, 0.2) is 0 Å². The average Bonchev–Trinajstić information content (AvgIpc) is 2.70. The molecule has 2 aromatic rings. The largest absolute Gasteiger partial charge is 0.339 e. The number of sulfonamides is 1. The lowest BCUT2D eigenvalue weighted by molar-refractivity contribution is -0.129. The Hall–Kier alpha value is -1.90. The Morgan fingerprint density at radius 3 is 2.26 bits per heavy atom. The Bertz CT molecular complexity index is 883. The van der Waals surface area contributed by atoms with Crippen LogP contribution in [0, 0.1) is 5.82 Å². The number of amides is 1. The van der Waals surface area contributed by atoms with Gasteiger partial charge in [0.25, 0.3) is 0 Å². The van der Waals surface area contributed by atoms with Gasteiger partial charge in [0.05, 0.1) is 10.6 Å². The van der Waals surface area contributed by atoms with Gasteiger partial charge >= 0.3 is 0 Å². The lowest BCUT2D eigenvalue weighted by atomic mass is 10.2. The summed E-state index contributed by atoms with van der Waals surface area (Å²) >= 11 is 1.36. The predicted octanol–water partition coefficient (Wildman–Crippen LogP) is 2.59. The number of halogens is 1. The van der Waals surface area contributed by atoms with Crippen molar-refractivity contribution in [3.63, 3.8) is 0 Å². The van der Waals surface area contributed by atoms with E-state index < -0.39 is 10.0 Å². The Labute approximate surface area is 163 Å². The van der Waals surface area contributed by atoms with Crippen LogP contribution in [0.1, 0.15) is 5.56 Å². The van der Waals surface area contributed by atoms with Crippen molar-refractivity contribution in [2.75, 3.05) is 31.9 Å². The normalized spacial score (nSPS) is 15.7. The lowest BCUT2D eigenvalue weighted by Gasteiger charge is -2.34. The summed E-state index contributed by atoms with van der Waals surface area (Å²) < 4.78 is 40.2. The smallest absolute Gasteiger partial charge is 0.243 e. The maximum atomic E-state index is 13.6. The van der Waals surface area contributed by atoms with Crippen molar-refractivity contribution in [1.82, 2.24) is 9.21 Å². The lowest BCUT2D eigenvalue weighted by Crippen LogP contribution is -2.50. The van der Waals surface area contributed by atoms with Gasteiger partial charge in [-0.1, -0.05) is 36.4 Å². The highest BCUT2D eigenvalue weighted by Crippen LogP contribution is 2.19. The zero-order valence-electron chi connectivity index (χ0n) is 14.8. The summed E-state index contributed by atoms with van der Waals surface area (Å²) in [6.45, 7) is 1.29. The second-order valence-electron chi connectivity index (χ2n) is 6.18. The molecule has 0 unspecified atom stereocenters. The number of thioether (sulfide) groups is 1. The van der Waals surface area contributed by atoms with Crippen LogP contribution in [0.3, 0.4) is 0 Å². The third kappa shape index (κ3) is 4.88. The third-order valence-corrected chi connectivity index (χ3v) is 7.29. The molecule has 27 heavy (non-hydrogen) atoms. The first-order valence-corrected chi connectivity index (χ1v) is 11.2. The monoisotopic (exact) mass is 408 g/mol. The van der Waals surface area contributed by atoms with Gasteiger partial charge in [-0.05, 0) is 23.8 Å². The topological polar surface area (TPSA) is 57.7 Å². The summed E-state index contributed by atoms with van der Waals surface area (Å²) in [5, 5.41) is 0. The Balaban J connectivity index is 1.49. The molecule has 0 aliphatic carbocycles. The Morgan fingerprint density at radius 1 is 0.963 bits per heavy atom. The van der Waals surface area contributed by atoms with E-state index in [9.17, 15) is 17.6 Å². The SMILES string of the molecule is O=C(CSCc1ccccc1F)N1CCN(S(=O)(=O)c2ccccc2)CC1. The Kier molecular flexibility index (Phi) is 6.51. The highest BCUT2D eigenvalue weighted by molar-refractivity contribution is 7.99. The van der Waals surface area contributed by atoms with Crippen LogP contribution in [0.5, 0.6) is 0 Å². The van der Waals surface area contributed by atoms with Crippen LogP contribution in [0.2, 0.25) is 0 Å². The maximum Gasteiger partial charge on any atom is 0.243 e. The minimum atomic E-state index is -3.52. The number of rotatable bonds is 6. The fourth-order valence-electron chi connectivity index (χ4n) is 2.87. The molecule has 144 valence electrons. The van der Waals surface area contributed by atoms with Gasteiger partial charge in [-0.3, -0.25) is 4.79 Å². The van der Waals surface area contributed by atoms with Gasteiger partial charge < -0.3 is 4.90 Å². The number of carbonyl (C=O) groups is 1. The molecule has 3 rings (SSSR count). The number of nitrogens with zero attached hydrogens (tertiary/aromatic N) is 2. The molecule has 0 radical (unpaired) electrons. The molecule has 8 heteroatoms. The molecule has 0 bridgehead atoms. The van der Waals surface area contributed by atoms with E-state index in [0.717, 1.165) is 0 Å². The fraction of sp³-hybridized carbons (Fsp3) is 0.316. The van der Waals surface area contributed by atoms with E-state index in [0.29, 0.717) is 24.4 Å².